The number of nitriles is 1. The normalized spacial score (nSPS) is 11.2. The van der Waals surface area contributed by atoms with Gasteiger partial charge in [-0.15, -0.1) is 0 Å². The highest BCUT2D eigenvalue weighted by atomic mass is 16.6. The van der Waals surface area contributed by atoms with Crippen LogP contribution in [0.3, 0.4) is 0 Å². The highest BCUT2D eigenvalue weighted by Gasteiger charge is 2.13. The molecule has 0 fully saturated rings. The number of anilines is 1. The molecule has 0 saturated carbocycles. The third-order valence-corrected chi connectivity index (χ3v) is 3.95. The Labute approximate surface area is 162 Å². The highest BCUT2D eigenvalue weighted by molar-refractivity contribution is 6.10. The van der Waals surface area contributed by atoms with Gasteiger partial charge in [-0.1, -0.05) is 29.4 Å². The van der Waals surface area contributed by atoms with Crippen molar-refractivity contribution in [1.29, 1.82) is 5.26 Å². The Hall–Kier alpha value is -4.72. The first-order chi connectivity index (χ1) is 14.2. The molecule has 0 aliphatic carbocycles. The van der Waals surface area contributed by atoms with Crippen LogP contribution in [0, 0.1) is 11.3 Å². The van der Waals surface area contributed by atoms with Crippen molar-refractivity contribution in [3.63, 3.8) is 0 Å². The standard InChI is InChI=1S/C9H7N5O.C9H6N4O/c10-8-7(13-15-14-8)9-11-5-3-1-2-4-6(5)12-9;10-5-8(13-14)9-11-6-3-1-2-4-7(6)12-9/h1-4H,(H2,10,14)(H,11,12);1-4,14H,(H,11,12)/b;13-8+. The monoisotopic (exact) mass is 387 g/mol. The van der Waals surface area contributed by atoms with E-state index in [2.05, 4.69) is 40.0 Å². The summed E-state index contributed by atoms with van der Waals surface area (Å²) in [5, 5.41) is 27.1. The van der Waals surface area contributed by atoms with Gasteiger partial charge >= 0.3 is 0 Å². The fourth-order valence-corrected chi connectivity index (χ4v) is 2.61. The van der Waals surface area contributed by atoms with E-state index in [0.29, 0.717) is 11.5 Å². The molecule has 0 spiro atoms. The number of hydrogen-bond acceptors (Lipinski definition) is 9. The maximum Gasteiger partial charge on any atom is 0.221 e. The van der Waals surface area contributed by atoms with Gasteiger partial charge in [-0.3, -0.25) is 0 Å². The fraction of sp³-hybridized carbons (Fsp3) is 0. The van der Waals surface area contributed by atoms with Crippen LogP contribution in [-0.2, 0) is 0 Å². The van der Waals surface area contributed by atoms with Gasteiger partial charge in [0.1, 0.15) is 6.07 Å². The van der Waals surface area contributed by atoms with Crippen molar-refractivity contribution >= 4 is 33.6 Å². The van der Waals surface area contributed by atoms with Gasteiger partial charge < -0.3 is 20.9 Å². The number of aromatic amines is 2. The van der Waals surface area contributed by atoms with E-state index in [-0.39, 0.29) is 17.4 Å². The molecule has 3 aromatic heterocycles. The molecule has 2 aromatic carbocycles. The Kier molecular flexibility index (Phi) is 4.57. The topological polar surface area (TPSA) is 179 Å². The first kappa shape index (κ1) is 17.7. The van der Waals surface area contributed by atoms with Gasteiger partial charge in [0, 0.05) is 0 Å². The Morgan fingerprint density at radius 3 is 2.21 bits per heavy atom. The summed E-state index contributed by atoms with van der Waals surface area (Å²) in [6.07, 6.45) is 0. The van der Waals surface area contributed by atoms with Gasteiger partial charge in [-0.2, -0.15) is 5.26 Å². The molecular weight excluding hydrogens is 374 g/mol. The average Bonchev–Trinajstić information content (AvgIpc) is 3.46. The van der Waals surface area contributed by atoms with Gasteiger partial charge in [-0.25, -0.2) is 14.6 Å². The predicted octanol–water partition coefficient (Wildman–Crippen LogP) is 2.46. The summed E-state index contributed by atoms with van der Waals surface area (Å²) in [6, 6.07) is 16.7. The van der Waals surface area contributed by atoms with Gasteiger partial charge in [-0.05, 0) is 34.6 Å². The van der Waals surface area contributed by atoms with Crippen LogP contribution in [0.25, 0.3) is 33.6 Å². The molecule has 0 radical (unpaired) electrons. The number of para-hydroxylation sites is 4. The third-order valence-electron chi connectivity index (χ3n) is 3.95. The van der Waals surface area contributed by atoms with Crippen molar-refractivity contribution in [3.05, 3.63) is 54.4 Å². The molecular formula is C18H13N9O2. The van der Waals surface area contributed by atoms with E-state index in [1.165, 1.54) is 0 Å². The molecule has 0 atom stereocenters. The van der Waals surface area contributed by atoms with Crippen molar-refractivity contribution < 1.29 is 9.84 Å². The minimum absolute atomic E-state index is 0.124. The zero-order valence-corrected chi connectivity index (χ0v) is 14.7. The molecule has 142 valence electrons. The van der Waals surface area contributed by atoms with Crippen molar-refractivity contribution in [2.45, 2.75) is 0 Å². The van der Waals surface area contributed by atoms with E-state index >= 15 is 0 Å². The summed E-state index contributed by atoms with van der Waals surface area (Å²) in [4.78, 5) is 14.4. The molecule has 0 unspecified atom stereocenters. The van der Waals surface area contributed by atoms with Crippen LogP contribution >= 0.6 is 0 Å². The number of nitrogens with two attached hydrogens (primary N) is 1. The van der Waals surface area contributed by atoms with Crippen LogP contribution in [-0.4, -0.2) is 41.2 Å². The molecule has 5 N–H and O–H groups in total. The lowest BCUT2D eigenvalue weighted by molar-refractivity contribution is 0.310. The molecule has 3 heterocycles. The number of oxime groups is 1. The van der Waals surface area contributed by atoms with Gasteiger partial charge in [0.05, 0.1) is 22.1 Å². The smallest absolute Gasteiger partial charge is 0.221 e. The van der Waals surface area contributed by atoms with Crippen molar-refractivity contribution in [3.8, 4) is 17.6 Å². The Balaban J connectivity index is 0.000000142. The summed E-state index contributed by atoms with van der Waals surface area (Å²) in [5.74, 6) is 1.07. The van der Waals surface area contributed by atoms with Crippen LogP contribution in [0.5, 0.6) is 0 Å². The maximum absolute atomic E-state index is 8.60. The summed E-state index contributed by atoms with van der Waals surface area (Å²) < 4.78 is 4.51. The number of nitrogens with zero attached hydrogens (tertiary/aromatic N) is 6. The maximum atomic E-state index is 8.60. The minimum Gasteiger partial charge on any atom is -0.410 e. The second-order valence-corrected chi connectivity index (χ2v) is 5.76. The van der Waals surface area contributed by atoms with Crippen molar-refractivity contribution in [1.82, 2.24) is 30.2 Å². The SMILES string of the molecule is N#C/C(=N\O)c1nc2ccccc2[nH]1.Nc1nonc1-c1nc2ccccc2[nH]1. The van der Waals surface area contributed by atoms with Crippen LogP contribution in [0.1, 0.15) is 5.82 Å². The summed E-state index contributed by atoms with van der Waals surface area (Å²) >= 11 is 0. The number of aromatic nitrogens is 6. The minimum atomic E-state index is -0.124. The van der Waals surface area contributed by atoms with Gasteiger partial charge in [0.15, 0.2) is 23.2 Å². The average molecular weight is 387 g/mol. The number of imidazole rings is 2. The summed E-state index contributed by atoms with van der Waals surface area (Å²) in [5.41, 5.74) is 9.20. The number of H-pyrrole nitrogens is 2. The van der Waals surface area contributed by atoms with E-state index in [1.807, 2.05) is 48.5 Å². The zero-order chi connectivity index (χ0) is 20.2. The van der Waals surface area contributed by atoms with Crippen LogP contribution in [0.15, 0.2) is 58.3 Å². The van der Waals surface area contributed by atoms with Crippen LogP contribution in [0.2, 0.25) is 0 Å². The van der Waals surface area contributed by atoms with E-state index < -0.39 is 0 Å². The predicted molar refractivity (Wildman–Crippen MR) is 104 cm³/mol. The molecule has 29 heavy (non-hydrogen) atoms. The van der Waals surface area contributed by atoms with E-state index in [4.69, 9.17) is 16.2 Å². The second kappa shape index (κ2) is 7.49. The zero-order valence-electron chi connectivity index (χ0n) is 14.7. The lowest BCUT2D eigenvalue weighted by atomic mass is 10.3. The highest BCUT2D eigenvalue weighted by Crippen LogP contribution is 2.21. The number of rotatable bonds is 2. The molecule has 0 bridgehead atoms. The van der Waals surface area contributed by atoms with Crippen molar-refractivity contribution in [2.24, 2.45) is 5.16 Å². The number of nitrogens with one attached hydrogen (secondary N) is 2. The molecule has 0 amide bonds. The molecule has 0 saturated heterocycles. The van der Waals surface area contributed by atoms with Crippen LogP contribution in [0.4, 0.5) is 5.82 Å². The lowest BCUT2D eigenvalue weighted by Gasteiger charge is -1.86. The largest absolute Gasteiger partial charge is 0.410 e. The molecule has 5 rings (SSSR count). The Bertz CT molecular complexity index is 1290. The fourth-order valence-electron chi connectivity index (χ4n) is 2.61. The Morgan fingerprint density at radius 1 is 1.00 bits per heavy atom. The summed E-state index contributed by atoms with van der Waals surface area (Å²) in [6.45, 7) is 0. The quantitative estimate of drug-likeness (QED) is 0.202. The van der Waals surface area contributed by atoms with E-state index in [0.717, 1.165) is 22.1 Å². The van der Waals surface area contributed by atoms with E-state index in [9.17, 15) is 0 Å². The van der Waals surface area contributed by atoms with E-state index in [1.54, 1.807) is 6.07 Å². The number of fused-ring (bicyclic) bond motifs is 2. The van der Waals surface area contributed by atoms with Crippen LogP contribution < -0.4 is 5.73 Å². The summed E-state index contributed by atoms with van der Waals surface area (Å²) in [7, 11) is 0. The molecule has 11 heteroatoms. The molecule has 11 nitrogen and oxygen atoms in total. The van der Waals surface area contributed by atoms with Gasteiger partial charge in [0.2, 0.25) is 5.71 Å². The second-order valence-electron chi connectivity index (χ2n) is 5.76. The third kappa shape index (κ3) is 3.45. The lowest BCUT2D eigenvalue weighted by Crippen LogP contribution is -1.99. The van der Waals surface area contributed by atoms with Gasteiger partial charge in [0.25, 0.3) is 0 Å². The van der Waals surface area contributed by atoms with Crippen molar-refractivity contribution in [2.75, 3.05) is 5.73 Å². The number of nitrogen functional groups attached to an aromatic ring is 1. The first-order valence-electron chi connectivity index (χ1n) is 8.30. The first-order valence-corrected chi connectivity index (χ1v) is 8.30. The molecule has 5 aromatic rings. The number of benzene rings is 2. The molecule has 0 aliphatic rings. The Morgan fingerprint density at radius 2 is 1.66 bits per heavy atom. The molecule has 0 aliphatic heterocycles. The number of hydrogen-bond donors (Lipinski definition) is 4.